The summed E-state index contributed by atoms with van der Waals surface area (Å²) in [5, 5.41) is 0. The predicted octanol–water partition coefficient (Wildman–Crippen LogP) is 3.76. The molecule has 0 spiro atoms. The van der Waals surface area contributed by atoms with Crippen LogP contribution >= 0.6 is 0 Å². The minimum atomic E-state index is -4.06. The molecule has 0 bridgehead atoms. The van der Waals surface area contributed by atoms with Gasteiger partial charge in [-0.25, -0.2) is 0 Å². The highest BCUT2D eigenvalue weighted by Gasteiger charge is 2.51. The molecule has 1 aromatic carbocycles. The van der Waals surface area contributed by atoms with E-state index >= 15 is 0 Å². The Morgan fingerprint density at radius 2 is 1.50 bits per heavy atom. The minimum absolute atomic E-state index is 0.190. The largest absolute Gasteiger partial charge is 0.494 e. The van der Waals surface area contributed by atoms with Crippen molar-refractivity contribution in [1.29, 1.82) is 0 Å². The molecule has 0 amide bonds. The zero-order chi connectivity index (χ0) is 19.2. The van der Waals surface area contributed by atoms with E-state index in [4.69, 9.17) is 9.31 Å². The second-order valence-corrected chi connectivity index (χ2v) is 8.42. The number of hydrogen-bond acceptors (Lipinski definition) is 3. The zero-order valence-corrected chi connectivity index (χ0v) is 15.9. The molecular weight excluding hydrogens is 342 g/mol. The number of likely N-dealkylation sites (tertiary alicyclic amines) is 1. The smallest absolute Gasteiger partial charge is 0.399 e. The van der Waals surface area contributed by atoms with Gasteiger partial charge in [0.05, 0.1) is 17.1 Å². The SMILES string of the molecule is CC1(C)OB(c2ccc(CN3CCC(C(F)(F)F)CC3)cc2)OC1(C)C. The summed E-state index contributed by atoms with van der Waals surface area (Å²) in [4.78, 5) is 2.09. The first-order chi connectivity index (χ1) is 12.0. The Morgan fingerprint density at radius 3 is 1.96 bits per heavy atom. The van der Waals surface area contributed by atoms with Crippen LogP contribution in [0, 0.1) is 5.92 Å². The van der Waals surface area contributed by atoms with E-state index in [0.29, 0.717) is 19.6 Å². The molecule has 0 unspecified atom stereocenters. The van der Waals surface area contributed by atoms with Gasteiger partial charge in [-0.2, -0.15) is 13.2 Å². The molecular formula is C19H27BF3NO2. The van der Waals surface area contributed by atoms with Gasteiger partial charge in [-0.15, -0.1) is 0 Å². The molecule has 2 saturated heterocycles. The second kappa shape index (κ2) is 6.84. The molecule has 7 heteroatoms. The maximum absolute atomic E-state index is 12.8. The van der Waals surface area contributed by atoms with Gasteiger partial charge >= 0.3 is 13.3 Å². The molecule has 0 radical (unpaired) electrons. The van der Waals surface area contributed by atoms with E-state index in [0.717, 1.165) is 11.0 Å². The number of halogens is 3. The first-order valence-corrected chi connectivity index (χ1v) is 9.21. The summed E-state index contributed by atoms with van der Waals surface area (Å²) < 4.78 is 50.4. The van der Waals surface area contributed by atoms with Crippen LogP contribution in [0.15, 0.2) is 24.3 Å². The van der Waals surface area contributed by atoms with E-state index in [-0.39, 0.29) is 24.0 Å². The topological polar surface area (TPSA) is 21.7 Å². The quantitative estimate of drug-likeness (QED) is 0.758. The number of benzene rings is 1. The Kier molecular flexibility index (Phi) is 5.19. The lowest BCUT2D eigenvalue weighted by molar-refractivity contribution is -0.185. The van der Waals surface area contributed by atoms with Gasteiger partial charge in [-0.3, -0.25) is 4.90 Å². The molecule has 3 rings (SSSR count). The third-order valence-electron chi connectivity index (χ3n) is 5.96. The molecule has 0 atom stereocenters. The highest BCUT2D eigenvalue weighted by Crippen LogP contribution is 2.36. The van der Waals surface area contributed by atoms with Crippen LogP contribution in [0.3, 0.4) is 0 Å². The Labute approximate surface area is 154 Å². The highest BCUT2D eigenvalue weighted by molar-refractivity contribution is 6.62. The van der Waals surface area contributed by atoms with E-state index in [1.54, 1.807) is 0 Å². The van der Waals surface area contributed by atoms with Gasteiger partial charge in [0.2, 0.25) is 0 Å². The molecule has 0 aromatic heterocycles. The van der Waals surface area contributed by atoms with Crippen LogP contribution in [0.2, 0.25) is 0 Å². The van der Waals surface area contributed by atoms with Crippen molar-refractivity contribution < 1.29 is 22.5 Å². The molecule has 2 aliphatic heterocycles. The Hall–Kier alpha value is -1.05. The summed E-state index contributed by atoms with van der Waals surface area (Å²) in [6.07, 6.45) is -3.68. The van der Waals surface area contributed by atoms with E-state index < -0.39 is 19.2 Å². The van der Waals surface area contributed by atoms with Crippen LogP contribution in [-0.2, 0) is 15.9 Å². The van der Waals surface area contributed by atoms with Crippen molar-refractivity contribution in [2.45, 2.75) is 64.5 Å². The van der Waals surface area contributed by atoms with Gasteiger partial charge in [0.25, 0.3) is 0 Å². The maximum atomic E-state index is 12.8. The maximum Gasteiger partial charge on any atom is 0.494 e. The van der Waals surface area contributed by atoms with Crippen molar-refractivity contribution >= 4 is 12.6 Å². The van der Waals surface area contributed by atoms with E-state index in [1.165, 1.54) is 0 Å². The predicted molar refractivity (Wildman–Crippen MR) is 96.2 cm³/mol. The van der Waals surface area contributed by atoms with Gasteiger partial charge in [-0.05, 0) is 64.7 Å². The first kappa shape index (κ1) is 19.7. The number of piperidine rings is 1. The number of rotatable bonds is 3. The first-order valence-electron chi connectivity index (χ1n) is 9.21. The van der Waals surface area contributed by atoms with Gasteiger partial charge in [-0.1, -0.05) is 24.3 Å². The highest BCUT2D eigenvalue weighted by atomic mass is 19.4. The number of nitrogens with zero attached hydrogens (tertiary/aromatic N) is 1. The van der Waals surface area contributed by atoms with Crippen LogP contribution < -0.4 is 5.46 Å². The van der Waals surface area contributed by atoms with Crippen molar-refractivity contribution in [3.05, 3.63) is 29.8 Å². The molecule has 0 aliphatic carbocycles. The Balaban J connectivity index is 1.56. The van der Waals surface area contributed by atoms with Crippen LogP contribution in [0.4, 0.5) is 13.2 Å². The average Bonchev–Trinajstić information content (AvgIpc) is 2.76. The molecule has 2 heterocycles. The normalized spacial score (nSPS) is 24.2. The Morgan fingerprint density at radius 1 is 1.00 bits per heavy atom. The van der Waals surface area contributed by atoms with Crippen molar-refractivity contribution in [2.75, 3.05) is 13.1 Å². The van der Waals surface area contributed by atoms with Gasteiger partial charge in [0.15, 0.2) is 0 Å². The average molecular weight is 369 g/mol. The fourth-order valence-corrected chi connectivity index (χ4v) is 3.44. The molecule has 26 heavy (non-hydrogen) atoms. The van der Waals surface area contributed by atoms with Crippen LogP contribution in [-0.4, -0.2) is 42.5 Å². The second-order valence-electron chi connectivity index (χ2n) is 8.42. The van der Waals surface area contributed by atoms with Gasteiger partial charge in [0, 0.05) is 6.54 Å². The van der Waals surface area contributed by atoms with Gasteiger partial charge in [0.1, 0.15) is 0 Å². The fourth-order valence-electron chi connectivity index (χ4n) is 3.44. The fraction of sp³-hybridized carbons (Fsp3) is 0.684. The van der Waals surface area contributed by atoms with E-state index in [2.05, 4.69) is 4.90 Å². The molecule has 3 nitrogen and oxygen atoms in total. The van der Waals surface area contributed by atoms with E-state index in [9.17, 15) is 13.2 Å². The summed E-state index contributed by atoms with van der Waals surface area (Å²) in [5.74, 6) is -1.15. The lowest BCUT2D eigenvalue weighted by Gasteiger charge is -2.32. The monoisotopic (exact) mass is 369 g/mol. The van der Waals surface area contributed by atoms with Crippen molar-refractivity contribution in [3.8, 4) is 0 Å². The standard InChI is InChI=1S/C19H27BF3NO2/c1-17(2)18(3,4)26-20(25-17)16-7-5-14(6-8-16)13-24-11-9-15(10-12-24)19(21,22)23/h5-8,15H,9-13H2,1-4H3. The summed E-state index contributed by atoms with van der Waals surface area (Å²) in [7, 11) is -0.392. The lowest BCUT2D eigenvalue weighted by atomic mass is 9.79. The molecule has 0 N–H and O–H groups in total. The Bertz CT molecular complexity index is 607. The summed E-state index contributed by atoms with van der Waals surface area (Å²) >= 11 is 0. The lowest BCUT2D eigenvalue weighted by Crippen LogP contribution is -2.41. The van der Waals surface area contributed by atoms with Crippen LogP contribution in [0.25, 0.3) is 0 Å². The zero-order valence-electron chi connectivity index (χ0n) is 15.9. The summed E-state index contributed by atoms with van der Waals surface area (Å²) in [6.45, 7) is 9.73. The van der Waals surface area contributed by atoms with E-state index in [1.807, 2.05) is 52.0 Å². The summed E-state index contributed by atoms with van der Waals surface area (Å²) in [6, 6.07) is 7.99. The minimum Gasteiger partial charge on any atom is -0.399 e. The van der Waals surface area contributed by atoms with Crippen LogP contribution in [0.1, 0.15) is 46.1 Å². The van der Waals surface area contributed by atoms with Crippen molar-refractivity contribution in [1.82, 2.24) is 4.90 Å². The third-order valence-corrected chi connectivity index (χ3v) is 5.96. The van der Waals surface area contributed by atoms with Gasteiger partial charge < -0.3 is 9.31 Å². The van der Waals surface area contributed by atoms with Crippen molar-refractivity contribution in [2.24, 2.45) is 5.92 Å². The number of alkyl halides is 3. The molecule has 2 aliphatic rings. The molecule has 2 fully saturated rings. The number of hydrogen-bond donors (Lipinski definition) is 0. The van der Waals surface area contributed by atoms with Crippen molar-refractivity contribution in [3.63, 3.8) is 0 Å². The molecule has 144 valence electrons. The molecule has 1 aromatic rings. The summed E-state index contributed by atoms with van der Waals surface area (Å²) in [5.41, 5.74) is 1.30. The molecule has 0 saturated carbocycles. The third kappa shape index (κ3) is 4.10. The van der Waals surface area contributed by atoms with Crippen LogP contribution in [0.5, 0.6) is 0 Å².